The average molecular weight is 299 g/mol. The van der Waals surface area contributed by atoms with Gasteiger partial charge in [0.15, 0.2) is 17.4 Å². The minimum absolute atomic E-state index is 0.0317. The van der Waals surface area contributed by atoms with Crippen molar-refractivity contribution in [3.63, 3.8) is 0 Å². The van der Waals surface area contributed by atoms with E-state index < -0.39 is 43.2 Å². The number of aliphatic hydroxyl groups excluding tert-OH is 2. The fourth-order valence-corrected chi connectivity index (χ4v) is 2.52. The number of anilines is 1. The van der Waals surface area contributed by atoms with Gasteiger partial charge in [0.1, 0.15) is 6.10 Å². The van der Waals surface area contributed by atoms with E-state index in [1.807, 2.05) is 0 Å². The Labute approximate surface area is 117 Å². The molecule has 0 amide bonds. The second kappa shape index (κ2) is 5.06. The Balaban J connectivity index is 2.07. The molecule has 1 aliphatic rings. The van der Waals surface area contributed by atoms with E-state index in [-0.39, 0.29) is 17.1 Å². The fraction of sp³-hybridized carbons (Fsp3) is 0.545. The number of ether oxygens (including phenoxy) is 1. The smallest absolute Gasteiger partial charge is 0.280 e. The molecule has 0 aromatic carbocycles. The van der Waals surface area contributed by atoms with Crippen LogP contribution >= 0.6 is 0 Å². The quantitative estimate of drug-likeness (QED) is 0.543. The van der Waals surface area contributed by atoms with Crippen molar-refractivity contribution in [2.75, 3.05) is 19.0 Å². The van der Waals surface area contributed by atoms with E-state index in [2.05, 4.69) is 15.0 Å². The van der Waals surface area contributed by atoms with Crippen LogP contribution in [-0.2, 0) is 4.74 Å². The van der Waals surface area contributed by atoms with Gasteiger partial charge >= 0.3 is 0 Å². The minimum Gasteiger partial charge on any atom is -0.394 e. The number of nitrogens with two attached hydrogens (primary N) is 1. The molecule has 0 saturated carbocycles. The number of halogens is 1. The van der Waals surface area contributed by atoms with Crippen LogP contribution in [0.25, 0.3) is 11.2 Å². The number of hydrogen-bond donors (Lipinski definition) is 4. The van der Waals surface area contributed by atoms with Gasteiger partial charge in [0, 0.05) is 5.92 Å². The summed E-state index contributed by atoms with van der Waals surface area (Å²) in [6.07, 6.45) is -1.78. The zero-order valence-electron chi connectivity index (χ0n) is 10.8. The molecule has 3 heterocycles. The average Bonchev–Trinajstić information content (AvgIpc) is 2.99. The van der Waals surface area contributed by atoms with E-state index in [1.165, 1.54) is 10.9 Å². The first kappa shape index (κ1) is 13.9. The largest absolute Gasteiger partial charge is 0.394 e. The lowest BCUT2D eigenvalue weighted by Crippen LogP contribution is -2.29. The summed E-state index contributed by atoms with van der Waals surface area (Å²) in [6, 6.07) is 0. The van der Waals surface area contributed by atoms with Crippen LogP contribution in [0.3, 0.4) is 0 Å². The monoisotopic (exact) mass is 299 g/mol. The Morgan fingerprint density at radius 3 is 2.95 bits per heavy atom. The number of aromatic nitrogens is 4. The third-order valence-corrected chi connectivity index (χ3v) is 3.61. The predicted molar refractivity (Wildman–Crippen MR) is 69.0 cm³/mol. The molecular formula is C11H14FN5O4. The summed E-state index contributed by atoms with van der Waals surface area (Å²) in [4.78, 5) is 21.8. The van der Waals surface area contributed by atoms with E-state index in [4.69, 9.17) is 10.5 Å². The van der Waals surface area contributed by atoms with Gasteiger partial charge in [0.2, 0.25) is 5.95 Å². The molecule has 0 bridgehead atoms. The Hall–Kier alpha value is -2.04. The van der Waals surface area contributed by atoms with Crippen LogP contribution < -0.4 is 11.3 Å². The van der Waals surface area contributed by atoms with Gasteiger partial charge in [-0.15, -0.1) is 0 Å². The first-order chi connectivity index (χ1) is 10.1. The molecule has 2 aromatic rings. The summed E-state index contributed by atoms with van der Waals surface area (Å²) < 4.78 is 19.7. The molecule has 21 heavy (non-hydrogen) atoms. The number of nitrogens with zero attached hydrogens (tertiary/aromatic N) is 3. The number of alkyl halides is 1. The van der Waals surface area contributed by atoms with Gasteiger partial charge in [0.05, 0.1) is 25.7 Å². The molecule has 4 atom stereocenters. The number of nitrogens with one attached hydrogen (secondary N) is 1. The minimum atomic E-state index is -1.20. The van der Waals surface area contributed by atoms with Gasteiger partial charge in [-0.25, -0.2) is 4.98 Å². The van der Waals surface area contributed by atoms with Crippen molar-refractivity contribution >= 4 is 17.1 Å². The first-order valence-electron chi connectivity index (χ1n) is 6.29. The topological polar surface area (TPSA) is 139 Å². The number of rotatable bonds is 3. The highest BCUT2D eigenvalue weighted by molar-refractivity contribution is 5.70. The number of hydrogen-bond acceptors (Lipinski definition) is 7. The maximum absolute atomic E-state index is 13.0. The summed E-state index contributed by atoms with van der Waals surface area (Å²) in [5, 5.41) is 19.3. The normalized spacial score (nSPS) is 29.3. The zero-order valence-corrected chi connectivity index (χ0v) is 10.8. The lowest BCUT2D eigenvalue weighted by atomic mass is 10.0. The summed E-state index contributed by atoms with van der Waals surface area (Å²) in [5.41, 5.74) is 5.11. The Morgan fingerprint density at radius 2 is 2.33 bits per heavy atom. The SMILES string of the molecule is Nc1nc2c(ncn2[C@@H]2O[C@H](CO)C(CF)C2O)c(=O)[nH]1. The molecule has 1 aliphatic heterocycles. The first-order valence-corrected chi connectivity index (χ1v) is 6.29. The van der Waals surface area contributed by atoms with Crippen molar-refractivity contribution in [2.24, 2.45) is 5.92 Å². The number of aromatic amines is 1. The summed E-state index contributed by atoms with van der Waals surface area (Å²) in [5.74, 6) is -0.973. The van der Waals surface area contributed by atoms with E-state index in [0.717, 1.165) is 0 Å². The van der Waals surface area contributed by atoms with E-state index >= 15 is 0 Å². The third kappa shape index (κ3) is 2.07. The molecule has 1 saturated heterocycles. The number of imidazole rings is 1. The Morgan fingerprint density at radius 1 is 1.57 bits per heavy atom. The van der Waals surface area contributed by atoms with Crippen molar-refractivity contribution < 1.29 is 19.3 Å². The third-order valence-electron chi connectivity index (χ3n) is 3.61. The molecule has 0 spiro atoms. The standard InChI is InChI=1S/C11H14FN5O4/c12-1-4-5(2-18)21-10(7(4)19)17-3-14-6-8(17)15-11(13)16-9(6)20/h3-5,7,10,18-19H,1-2H2,(H3,13,15,16,20)/t4?,5-,7?,10-/m1/s1. The van der Waals surface area contributed by atoms with Gasteiger partial charge in [-0.2, -0.15) is 4.98 Å². The molecule has 2 unspecified atom stereocenters. The van der Waals surface area contributed by atoms with E-state index in [9.17, 15) is 19.4 Å². The molecular weight excluding hydrogens is 285 g/mol. The molecule has 1 fully saturated rings. The maximum Gasteiger partial charge on any atom is 0.280 e. The summed E-state index contributed by atoms with van der Waals surface area (Å²) in [7, 11) is 0. The molecule has 3 rings (SSSR count). The Bertz CT molecular complexity index is 716. The van der Waals surface area contributed by atoms with Crippen LogP contribution in [0.1, 0.15) is 6.23 Å². The Kier molecular flexibility index (Phi) is 3.35. The molecule has 10 heteroatoms. The lowest BCUT2D eigenvalue weighted by molar-refractivity contribution is -0.0494. The molecule has 9 nitrogen and oxygen atoms in total. The molecule has 2 aromatic heterocycles. The highest BCUT2D eigenvalue weighted by Crippen LogP contribution is 2.35. The van der Waals surface area contributed by atoms with Gasteiger partial charge in [-0.1, -0.05) is 0 Å². The van der Waals surface area contributed by atoms with Crippen molar-refractivity contribution in [1.82, 2.24) is 19.5 Å². The molecule has 5 N–H and O–H groups in total. The van der Waals surface area contributed by atoms with Crippen LogP contribution in [0.2, 0.25) is 0 Å². The molecule has 0 radical (unpaired) electrons. The van der Waals surface area contributed by atoms with E-state index in [0.29, 0.717) is 0 Å². The lowest BCUT2D eigenvalue weighted by Gasteiger charge is -2.17. The second-order valence-corrected chi connectivity index (χ2v) is 4.83. The maximum atomic E-state index is 13.0. The van der Waals surface area contributed by atoms with Crippen LogP contribution in [0, 0.1) is 5.92 Å². The molecule has 114 valence electrons. The van der Waals surface area contributed by atoms with Gasteiger partial charge in [-0.3, -0.25) is 18.7 Å². The van der Waals surface area contributed by atoms with Crippen LogP contribution in [-0.4, -0.2) is 55.2 Å². The van der Waals surface area contributed by atoms with Crippen LogP contribution in [0.4, 0.5) is 10.3 Å². The van der Waals surface area contributed by atoms with Crippen molar-refractivity contribution in [3.8, 4) is 0 Å². The summed E-state index contributed by atoms with van der Waals surface area (Å²) in [6.45, 7) is -1.27. The highest BCUT2D eigenvalue weighted by Gasteiger charge is 2.44. The van der Waals surface area contributed by atoms with Crippen molar-refractivity contribution in [2.45, 2.75) is 18.4 Å². The van der Waals surface area contributed by atoms with Gasteiger partial charge < -0.3 is 20.7 Å². The van der Waals surface area contributed by atoms with Crippen molar-refractivity contribution in [3.05, 3.63) is 16.7 Å². The fourth-order valence-electron chi connectivity index (χ4n) is 2.52. The van der Waals surface area contributed by atoms with E-state index in [1.54, 1.807) is 0 Å². The summed E-state index contributed by atoms with van der Waals surface area (Å²) >= 11 is 0. The molecule has 0 aliphatic carbocycles. The number of aliphatic hydroxyl groups is 2. The second-order valence-electron chi connectivity index (χ2n) is 4.83. The van der Waals surface area contributed by atoms with Crippen LogP contribution in [0.15, 0.2) is 11.1 Å². The predicted octanol–water partition coefficient (Wildman–Crippen LogP) is -1.46. The number of nitrogen functional groups attached to an aromatic ring is 1. The highest BCUT2D eigenvalue weighted by atomic mass is 19.1. The zero-order chi connectivity index (χ0) is 15.1. The number of H-pyrrole nitrogens is 1. The van der Waals surface area contributed by atoms with Crippen LogP contribution in [0.5, 0.6) is 0 Å². The van der Waals surface area contributed by atoms with Gasteiger partial charge in [0.25, 0.3) is 5.56 Å². The van der Waals surface area contributed by atoms with Gasteiger partial charge in [-0.05, 0) is 0 Å². The number of fused-ring (bicyclic) bond motifs is 1. The van der Waals surface area contributed by atoms with Crippen molar-refractivity contribution in [1.29, 1.82) is 0 Å².